The van der Waals surface area contributed by atoms with Gasteiger partial charge >= 0.3 is 5.97 Å². The molecule has 0 fully saturated rings. The van der Waals surface area contributed by atoms with Gasteiger partial charge in [-0.25, -0.2) is 0 Å². The van der Waals surface area contributed by atoms with E-state index in [1.807, 2.05) is 31.2 Å². The van der Waals surface area contributed by atoms with Gasteiger partial charge in [0.15, 0.2) is 0 Å². The molecule has 2 N–H and O–H groups in total. The van der Waals surface area contributed by atoms with Crippen molar-refractivity contribution in [2.45, 2.75) is 39.2 Å². The van der Waals surface area contributed by atoms with E-state index < -0.39 is 17.9 Å². The Morgan fingerprint density at radius 1 is 1.24 bits per heavy atom. The van der Waals surface area contributed by atoms with Crippen molar-refractivity contribution in [3.05, 3.63) is 29.8 Å². The fourth-order valence-electron chi connectivity index (χ4n) is 2.11. The summed E-state index contributed by atoms with van der Waals surface area (Å²) in [5, 5.41) is 11.7. The van der Waals surface area contributed by atoms with E-state index in [0.29, 0.717) is 0 Å². The maximum Gasteiger partial charge on any atom is 0.308 e. The highest BCUT2D eigenvalue weighted by Gasteiger charge is 2.22. The number of hydrogen-bond acceptors (Lipinski definition) is 3. The third-order valence-electron chi connectivity index (χ3n) is 3.69. The van der Waals surface area contributed by atoms with E-state index >= 15 is 0 Å². The van der Waals surface area contributed by atoms with Crippen molar-refractivity contribution < 1.29 is 19.4 Å². The van der Waals surface area contributed by atoms with Crippen molar-refractivity contribution >= 4 is 11.9 Å². The molecule has 0 aliphatic carbocycles. The summed E-state index contributed by atoms with van der Waals surface area (Å²) in [5.74, 6) is -0.941. The van der Waals surface area contributed by atoms with Gasteiger partial charge in [-0.2, -0.15) is 0 Å². The minimum atomic E-state index is -0.916. The molecule has 5 heteroatoms. The van der Waals surface area contributed by atoms with Crippen LogP contribution in [0.1, 0.15) is 38.7 Å². The minimum Gasteiger partial charge on any atom is -0.496 e. The Hall–Kier alpha value is -2.04. The molecule has 3 atom stereocenters. The Bertz CT molecular complexity index is 501. The molecule has 0 aromatic heterocycles. The molecule has 116 valence electrons. The van der Waals surface area contributed by atoms with Crippen LogP contribution in [-0.4, -0.2) is 30.1 Å². The van der Waals surface area contributed by atoms with Gasteiger partial charge in [0.1, 0.15) is 5.75 Å². The number of hydrogen-bond donors (Lipinski definition) is 2. The number of carboxylic acids is 1. The third kappa shape index (κ3) is 4.77. The zero-order valence-corrected chi connectivity index (χ0v) is 12.9. The first-order valence-electron chi connectivity index (χ1n) is 7.01. The molecule has 0 aliphatic rings. The lowest BCUT2D eigenvalue weighted by atomic mass is 9.96. The third-order valence-corrected chi connectivity index (χ3v) is 3.69. The monoisotopic (exact) mass is 293 g/mol. The number of carbonyl (C=O) groups excluding carboxylic acids is 1. The van der Waals surface area contributed by atoms with Crippen LogP contribution in [0.4, 0.5) is 0 Å². The van der Waals surface area contributed by atoms with Crippen LogP contribution in [-0.2, 0) is 9.59 Å². The summed E-state index contributed by atoms with van der Waals surface area (Å²) >= 11 is 0. The second-order valence-electron chi connectivity index (χ2n) is 5.33. The van der Waals surface area contributed by atoms with Crippen LogP contribution in [0.5, 0.6) is 5.75 Å². The summed E-state index contributed by atoms with van der Waals surface area (Å²) < 4.78 is 5.29. The lowest BCUT2D eigenvalue weighted by Gasteiger charge is -2.20. The number of benzene rings is 1. The predicted octanol–water partition coefficient (Wildman–Crippen LogP) is 2.41. The van der Waals surface area contributed by atoms with Gasteiger partial charge in [-0.1, -0.05) is 25.1 Å². The molecule has 5 nitrogen and oxygen atoms in total. The smallest absolute Gasteiger partial charge is 0.308 e. The van der Waals surface area contributed by atoms with Crippen LogP contribution in [0.25, 0.3) is 0 Å². The number of nitrogens with one attached hydrogen (secondary N) is 1. The molecular formula is C16H23NO4. The van der Waals surface area contributed by atoms with Gasteiger partial charge in [-0.05, 0) is 31.4 Å². The van der Waals surface area contributed by atoms with Gasteiger partial charge in [0, 0.05) is 12.5 Å². The molecule has 3 unspecified atom stereocenters. The van der Waals surface area contributed by atoms with Crippen molar-refractivity contribution in [3.63, 3.8) is 0 Å². The first-order chi connectivity index (χ1) is 9.86. The van der Waals surface area contributed by atoms with Crippen LogP contribution in [0.15, 0.2) is 24.3 Å². The normalized spacial score (nSPS) is 14.9. The highest BCUT2D eigenvalue weighted by molar-refractivity contribution is 5.78. The first kappa shape index (κ1) is 17.0. The summed E-state index contributed by atoms with van der Waals surface area (Å²) in [6.07, 6.45) is 0.289. The molecule has 1 amide bonds. The summed E-state index contributed by atoms with van der Waals surface area (Å²) in [5.41, 5.74) is 0.967. The molecule has 0 bridgehead atoms. The molecule has 0 saturated carbocycles. The average molecular weight is 293 g/mol. The molecule has 1 aromatic carbocycles. The zero-order chi connectivity index (χ0) is 16.0. The fourth-order valence-corrected chi connectivity index (χ4v) is 2.11. The highest BCUT2D eigenvalue weighted by Crippen LogP contribution is 2.28. The summed E-state index contributed by atoms with van der Waals surface area (Å²) in [7, 11) is 1.60. The number of carbonyl (C=O) groups is 2. The Kier molecular flexibility index (Phi) is 6.21. The predicted molar refractivity (Wildman–Crippen MR) is 80.4 cm³/mol. The van der Waals surface area contributed by atoms with Gasteiger partial charge in [-0.15, -0.1) is 0 Å². The maximum absolute atomic E-state index is 12.0. The first-order valence-corrected chi connectivity index (χ1v) is 7.01. The number of para-hydroxylation sites is 1. The molecule has 1 rings (SSSR count). The van der Waals surface area contributed by atoms with Crippen LogP contribution in [0.2, 0.25) is 0 Å². The van der Waals surface area contributed by atoms with Crippen LogP contribution < -0.4 is 10.1 Å². The standard InChI is InChI=1S/C16H23NO4/c1-10(13-7-5-6-8-14(13)21-4)9-15(18)17-12(3)11(2)16(19)20/h5-8,10-12H,9H2,1-4H3,(H,17,18)(H,19,20). The molecule has 0 spiro atoms. The van der Waals surface area contributed by atoms with E-state index in [2.05, 4.69) is 5.32 Å². The minimum absolute atomic E-state index is 0.00603. The van der Waals surface area contributed by atoms with Gasteiger partial charge in [-0.3, -0.25) is 9.59 Å². The van der Waals surface area contributed by atoms with Crippen molar-refractivity contribution in [2.75, 3.05) is 7.11 Å². The topological polar surface area (TPSA) is 75.6 Å². The second-order valence-corrected chi connectivity index (χ2v) is 5.33. The molecule has 0 heterocycles. The van der Waals surface area contributed by atoms with Gasteiger partial charge in [0.2, 0.25) is 5.91 Å². The van der Waals surface area contributed by atoms with E-state index in [4.69, 9.17) is 9.84 Å². The fraction of sp³-hybridized carbons (Fsp3) is 0.500. The van der Waals surface area contributed by atoms with E-state index in [1.54, 1.807) is 21.0 Å². The van der Waals surface area contributed by atoms with E-state index in [0.717, 1.165) is 11.3 Å². The summed E-state index contributed by atoms with van der Waals surface area (Å²) in [6.45, 7) is 5.23. The van der Waals surface area contributed by atoms with Crippen LogP contribution in [0, 0.1) is 5.92 Å². The number of rotatable bonds is 7. The Labute approximate surface area is 125 Å². The quantitative estimate of drug-likeness (QED) is 0.809. The molecule has 0 saturated heterocycles. The lowest BCUT2D eigenvalue weighted by molar-refractivity contribution is -0.142. The lowest BCUT2D eigenvalue weighted by Crippen LogP contribution is -2.40. The number of aliphatic carboxylic acids is 1. The molecule has 1 aromatic rings. The zero-order valence-electron chi connectivity index (χ0n) is 12.9. The van der Waals surface area contributed by atoms with Crippen molar-refractivity contribution in [1.29, 1.82) is 0 Å². The van der Waals surface area contributed by atoms with Gasteiger partial charge in [0.05, 0.1) is 13.0 Å². The SMILES string of the molecule is COc1ccccc1C(C)CC(=O)NC(C)C(C)C(=O)O. The van der Waals surface area contributed by atoms with E-state index in [9.17, 15) is 9.59 Å². The molecule has 0 radical (unpaired) electrons. The number of methoxy groups -OCH3 is 1. The Morgan fingerprint density at radius 3 is 2.43 bits per heavy atom. The van der Waals surface area contributed by atoms with Crippen molar-refractivity contribution in [1.82, 2.24) is 5.32 Å². The largest absolute Gasteiger partial charge is 0.496 e. The molecule has 21 heavy (non-hydrogen) atoms. The molecule has 0 aliphatic heterocycles. The number of carboxylic acid groups (broad SMARTS) is 1. The summed E-state index contributed by atoms with van der Waals surface area (Å²) in [6, 6.07) is 7.17. The van der Waals surface area contributed by atoms with Crippen LogP contribution in [0.3, 0.4) is 0 Å². The van der Waals surface area contributed by atoms with Crippen molar-refractivity contribution in [3.8, 4) is 5.75 Å². The number of ether oxygens (including phenoxy) is 1. The van der Waals surface area contributed by atoms with E-state index in [-0.39, 0.29) is 18.2 Å². The second kappa shape index (κ2) is 7.67. The summed E-state index contributed by atoms with van der Waals surface area (Å²) in [4.78, 5) is 22.9. The molecular weight excluding hydrogens is 270 g/mol. The Morgan fingerprint density at radius 2 is 1.86 bits per heavy atom. The average Bonchev–Trinajstić information content (AvgIpc) is 2.45. The number of amides is 1. The van der Waals surface area contributed by atoms with Crippen molar-refractivity contribution in [2.24, 2.45) is 5.92 Å². The van der Waals surface area contributed by atoms with Gasteiger partial charge in [0.25, 0.3) is 0 Å². The van der Waals surface area contributed by atoms with E-state index in [1.165, 1.54) is 0 Å². The Balaban J connectivity index is 2.64. The van der Waals surface area contributed by atoms with Gasteiger partial charge < -0.3 is 15.2 Å². The van der Waals surface area contributed by atoms with Crippen LogP contribution >= 0.6 is 0 Å². The maximum atomic E-state index is 12.0. The highest BCUT2D eigenvalue weighted by atomic mass is 16.5.